The minimum Gasteiger partial charge on any atom is -0.354 e. The van der Waals surface area contributed by atoms with Gasteiger partial charge in [-0.15, -0.1) is 0 Å². The lowest BCUT2D eigenvalue weighted by Crippen LogP contribution is -2.52. The number of nitro benzene ring substituents is 1. The largest absolute Gasteiger partial charge is 0.354 e. The highest BCUT2D eigenvalue weighted by Crippen LogP contribution is 2.24. The van der Waals surface area contributed by atoms with E-state index in [9.17, 15) is 28.1 Å². The Hall–Kier alpha value is -3.47. The van der Waals surface area contributed by atoms with E-state index in [1.165, 1.54) is 23.1 Å². The Labute approximate surface area is 212 Å². The van der Waals surface area contributed by atoms with E-state index in [1.807, 2.05) is 45.0 Å². The van der Waals surface area contributed by atoms with E-state index in [2.05, 4.69) is 5.32 Å². The molecule has 0 aliphatic rings. The van der Waals surface area contributed by atoms with Crippen molar-refractivity contribution < 1.29 is 22.9 Å². The van der Waals surface area contributed by atoms with Crippen LogP contribution in [0, 0.1) is 23.0 Å². The van der Waals surface area contributed by atoms with Crippen LogP contribution in [0.5, 0.6) is 0 Å². The summed E-state index contributed by atoms with van der Waals surface area (Å²) in [6, 6.07) is 11.7. The summed E-state index contributed by atoms with van der Waals surface area (Å²) in [6.45, 7) is 7.52. The Kier molecular flexibility index (Phi) is 9.97. The van der Waals surface area contributed by atoms with Gasteiger partial charge in [0.05, 0.1) is 16.9 Å². The maximum atomic E-state index is 13.7. The molecule has 0 heterocycles. The maximum Gasteiger partial charge on any atom is 0.271 e. The molecule has 0 fully saturated rings. The zero-order valence-electron chi connectivity index (χ0n) is 21.3. The van der Waals surface area contributed by atoms with Crippen LogP contribution >= 0.6 is 0 Å². The summed E-state index contributed by atoms with van der Waals surface area (Å²) in [5, 5.41) is 14.1. The van der Waals surface area contributed by atoms with Gasteiger partial charge in [-0.05, 0) is 36.5 Å². The SMILES string of the molecule is CC[C@H](C(=O)NCC(C)C)N(Cc1ccccc1C)C(=O)CN(c1cccc([N+](=O)[O-])c1)S(C)(=O)=O. The van der Waals surface area contributed by atoms with E-state index >= 15 is 0 Å². The van der Waals surface area contributed by atoms with Crippen molar-refractivity contribution in [2.75, 3.05) is 23.7 Å². The van der Waals surface area contributed by atoms with Gasteiger partial charge in [-0.25, -0.2) is 8.42 Å². The molecule has 1 N–H and O–H groups in total. The smallest absolute Gasteiger partial charge is 0.271 e. The molecule has 0 radical (unpaired) electrons. The molecule has 2 rings (SSSR count). The van der Waals surface area contributed by atoms with Crippen molar-refractivity contribution in [3.05, 3.63) is 69.8 Å². The number of nitrogens with one attached hydrogen (secondary N) is 1. The van der Waals surface area contributed by atoms with E-state index in [-0.39, 0.29) is 29.7 Å². The summed E-state index contributed by atoms with van der Waals surface area (Å²) in [7, 11) is -3.98. The van der Waals surface area contributed by atoms with Gasteiger partial charge >= 0.3 is 0 Å². The molecule has 10 nitrogen and oxygen atoms in total. The fourth-order valence-corrected chi connectivity index (χ4v) is 4.53. The van der Waals surface area contributed by atoms with E-state index in [0.29, 0.717) is 13.0 Å². The molecule has 0 aromatic heterocycles. The first-order valence-electron chi connectivity index (χ1n) is 11.7. The highest BCUT2D eigenvalue weighted by atomic mass is 32.2. The van der Waals surface area contributed by atoms with Gasteiger partial charge in [-0.1, -0.05) is 51.1 Å². The maximum absolute atomic E-state index is 13.7. The second-order valence-electron chi connectivity index (χ2n) is 9.06. The summed E-state index contributed by atoms with van der Waals surface area (Å²) in [4.78, 5) is 38.7. The van der Waals surface area contributed by atoms with Crippen molar-refractivity contribution in [1.29, 1.82) is 0 Å². The van der Waals surface area contributed by atoms with Crippen LogP contribution in [0.1, 0.15) is 38.3 Å². The molecule has 0 unspecified atom stereocenters. The molecule has 0 saturated carbocycles. The van der Waals surface area contributed by atoms with Crippen LogP contribution in [0.3, 0.4) is 0 Å². The van der Waals surface area contributed by atoms with E-state index < -0.39 is 33.4 Å². The number of hydrogen-bond acceptors (Lipinski definition) is 6. The Morgan fingerprint density at radius 3 is 2.33 bits per heavy atom. The quantitative estimate of drug-likeness (QED) is 0.339. The fourth-order valence-electron chi connectivity index (χ4n) is 3.69. The van der Waals surface area contributed by atoms with E-state index in [4.69, 9.17) is 0 Å². The number of carbonyl (C=O) groups excluding carboxylic acids is 2. The van der Waals surface area contributed by atoms with Crippen molar-refractivity contribution in [2.24, 2.45) is 5.92 Å². The highest BCUT2D eigenvalue weighted by molar-refractivity contribution is 7.92. The van der Waals surface area contributed by atoms with Crippen LogP contribution < -0.4 is 9.62 Å². The molecule has 36 heavy (non-hydrogen) atoms. The third kappa shape index (κ3) is 7.77. The Bertz CT molecular complexity index is 1200. The molecule has 11 heteroatoms. The predicted octanol–water partition coefficient (Wildman–Crippen LogP) is 3.25. The predicted molar refractivity (Wildman–Crippen MR) is 139 cm³/mol. The zero-order valence-corrected chi connectivity index (χ0v) is 22.1. The van der Waals surface area contributed by atoms with Gasteiger partial charge in [-0.2, -0.15) is 0 Å². The van der Waals surface area contributed by atoms with Crippen LogP contribution in [-0.4, -0.2) is 55.4 Å². The Balaban J connectivity index is 2.47. The average Bonchev–Trinajstić information content (AvgIpc) is 2.81. The van der Waals surface area contributed by atoms with Gasteiger partial charge in [0.25, 0.3) is 5.69 Å². The van der Waals surface area contributed by atoms with E-state index in [1.54, 1.807) is 6.92 Å². The van der Waals surface area contributed by atoms with Crippen LogP contribution in [0.2, 0.25) is 0 Å². The summed E-state index contributed by atoms with van der Waals surface area (Å²) in [5.74, 6) is -0.710. The Morgan fingerprint density at radius 1 is 1.11 bits per heavy atom. The Morgan fingerprint density at radius 2 is 1.78 bits per heavy atom. The molecule has 2 amide bonds. The van der Waals surface area contributed by atoms with Crippen molar-refractivity contribution in [3.63, 3.8) is 0 Å². The number of aryl methyl sites for hydroxylation is 1. The van der Waals surface area contributed by atoms with Crippen LogP contribution in [0.15, 0.2) is 48.5 Å². The van der Waals surface area contributed by atoms with Crippen molar-refractivity contribution in [3.8, 4) is 0 Å². The molecular formula is C25H34N4O6S. The van der Waals surface area contributed by atoms with Crippen molar-refractivity contribution >= 4 is 33.2 Å². The summed E-state index contributed by atoms with van der Waals surface area (Å²) >= 11 is 0. The average molecular weight is 519 g/mol. The lowest BCUT2D eigenvalue weighted by molar-refractivity contribution is -0.384. The molecule has 0 bridgehead atoms. The molecule has 0 saturated heterocycles. The first-order chi connectivity index (χ1) is 16.8. The molecular weight excluding hydrogens is 484 g/mol. The number of rotatable bonds is 12. The first-order valence-corrected chi connectivity index (χ1v) is 13.5. The molecule has 1 atom stereocenters. The first kappa shape index (κ1) is 28.8. The third-order valence-electron chi connectivity index (χ3n) is 5.68. The number of hydrogen-bond donors (Lipinski definition) is 1. The van der Waals surface area contributed by atoms with E-state index in [0.717, 1.165) is 27.8 Å². The molecule has 0 aliphatic carbocycles. The lowest BCUT2D eigenvalue weighted by Gasteiger charge is -2.33. The monoisotopic (exact) mass is 518 g/mol. The molecule has 2 aromatic rings. The molecule has 0 spiro atoms. The van der Waals surface area contributed by atoms with Gasteiger partial charge in [0.15, 0.2) is 0 Å². The second kappa shape index (κ2) is 12.5. The van der Waals surface area contributed by atoms with Crippen LogP contribution in [0.25, 0.3) is 0 Å². The zero-order chi connectivity index (χ0) is 27.0. The summed E-state index contributed by atoms with van der Waals surface area (Å²) < 4.78 is 26.1. The topological polar surface area (TPSA) is 130 Å². The number of carbonyl (C=O) groups is 2. The standard InChI is InChI=1S/C25H34N4O6S/c1-6-23(25(31)26-15-18(2)3)27(16-20-11-8-7-10-19(20)4)24(30)17-28(36(5,34)35)21-12-9-13-22(14-21)29(32)33/h7-14,18,23H,6,15-17H2,1-5H3,(H,26,31)/t23-/m1/s1. The van der Waals surface area contributed by atoms with Crippen LogP contribution in [0.4, 0.5) is 11.4 Å². The third-order valence-corrected chi connectivity index (χ3v) is 6.82. The summed E-state index contributed by atoms with van der Waals surface area (Å²) in [6.07, 6.45) is 1.24. The number of nitrogens with zero attached hydrogens (tertiary/aromatic N) is 3. The highest BCUT2D eigenvalue weighted by Gasteiger charge is 2.32. The number of sulfonamides is 1. The van der Waals surface area contributed by atoms with Crippen molar-refractivity contribution in [1.82, 2.24) is 10.2 Å². The fraction of sp³-hybridized carbons (Fsp3) is 0.440. The molecule has 196 valence electrons. The van der Waals surface area contributed by atoms with Gasteiger partial charge in [0.1, 0.15) is 12.6 Å². The van der Waals surface area contributed by atoms with Gasteiger partial charge in [0.2, 0.25) is 21.8 Å². The van der Waals surface area contributed by atoms with Crippen molar-refractivity contribution in [2.45, 2.75) is 46.7 Å². The number of anilines is 1. The number of benzene rings is 2. The number of amides is 2. The van der Waals surface area contributed by atoms with Gasteiger partial charge < -0.3 is 10.2 Å². The number of non-ortho nitro benzene ring substituents is 1. The summed E-state index contributed by atoms with van der Waals surface area (Å²) in [5.41, 5.74) is 1.44. The normalized spacial score (nSPS) is 12.2. The second-order valence-corrected chi connectivity index (χ2v) is 11.0. The van der Waals surface area contributed by atoms with Crippen LogP contribution in [-0.2, 0) is 26.2 Å². The minimum absolute atomic E-state index is 0.00630. The minimum atomic E-state index is -3.98. The van der Waals surface area contributed by atoms with Gasteiger partial charge in [0, 0.05) is 25.2 Å². The molecule has 0 aliphatic heterocycles. The number of nitro groups is 1. The molecule has 2 aromatic carbocycles. The lowest BCUT2D eigenvalue weighted by atomic mass is 10.1. The van der Waals surface area contributed by atoms with Gasteiger partial charge in [-0.3, -0.25) is 24.0 Å².